The maximum atomic E-state index is 16.9. The highest BCUT2D eigenvalue weighted by atomic mass is 31.2. The predicted molar refractivity (Wildman–Crippen MR) is 384 cm³/mol. The van der Waals surface area contributed by atoms with Gasteiger partial charge in [-0.05, 0) is 106 Å². The highest BCUT2D eigenvalue weighted by molar-refractivity contribution is 7.46. The van der Waals surface area contributed by atoms with Crippen LogP contribution in [0.25, 0.3) is 11.3 Å². The monoisotopic (exact) mass is 1640 g/mol. The summed E-state index contributed by atoms with van der Waals surface area (Å²) in [4.78, 5) is 144. The van der Waals surface area contributed by atoms with Crippen molar-refractivity contribution in [2.75, 3.05) is 52.0 Å². The van der Waals surface area contributed by atoms with Crippen LogP contribution in [0.4, 0.5) is 54.6 Å². The summed E-state index contributed by atoms with van der Waals surface area (Å²) in [5, 5.41) is 27.5. The van der Waals surface area contributed by atoms with Gasteiger partial charge in [0.1, 0.15) is 29.5 Å². The number of hydrazine groups is 1. The van der Waals surface area contributed by atoms with Crippen LogP contribution in [-0.2, 0) is 81.9 Å². The Bertz CT molecular complexity index is 4400. The number of nitrogens with zero attached hydrogens (tertiary/aromatic N) is 7. The van der Waals surface area contributed by atoms with Gasteiger partial charge in [0.2, 0.25) is 17.8 Å². The lowest BCUT2D eigenvalue weighted by molar-refractivity contribution is -0.231. The lowest BCUT2D eigenvalue weighted by Gasteiger charge is -2.47. The summed E-state index contributed by atoms with van der Waals surface area (Å²) in [5.41, 5.74) is -7.67. The Morgan fingerprint density at radius 1 is 0.763 bits per heavy atom. The van der Waals surface area contributed by atoms with E-state index < -0.39 is 213 Å². The number of halogens is 10. The summed E-state index contributed by atoms with van der Waals surface area (Å²) in [7, 11) is -4.08. The zero-order valence-corrected chi connectivity index (χ0v) is 64.4. The second-order valence-corrected chi connectivity index (χ2v) is 31.3. The third-order valence-corrected chi connectivity index (χ3v) is 20.9. The van der Waals surface area contributed by atoms with E-state index in [1.165, 1.54) is 63.5 Å². The van der Waals surface area contributed by atoms with Crippen LogP contribution in [0.15, 0.2) is 73.2 Å². The van der Waals surface area contributed by atoms with Crippen LogP contribution in [0.1, 0.15) is 145 Å². The molecule has 0 saturated carbocycles. The first kappa shape index (κ1) is 89.7. The maximum Gasteiger partial charge on any atom is 0.524 e. The van der Waals surface area contributed by atoms with Crippen LogP contribution in [-0.4, -0.2) is 193 Å². The molecule has 2 aromatic heterocycles. The number of alkyl halides is 8. The molecule has 0 aliphatic carbocycles. The Balaban J connectivity index is 1.27. The molecular formula is C75H89F10N10O18P. The molecule has 3 fully saturated rings. The molecule has 7 atom stereocenters. The topological polar surface area (TPSA) is 370 Å². The van der Waals surface area contributed by atoms with Crippen LogP contribution in [0.2, 0.25) is 0 Å². The number of hydrogen-bond donors (Lipinski definition) is 7. The van der Waals surface area contributed by atoms with E-state index in [0.717, 1.165) is 45.4 Å². The molecule has 2 bridgehead atoms. The lowest BCUT2D eigenvalue weighted by Crippen LogP contribution is -2.62. The van der Waals surface area contributed by atoms with E-state index in [-0.39, 0.29) is 39.8 Å². The molecule has 28 nitrogen and oxygen atoms in total. The SMILES string of the molecule is COC(=O)C[C@H](C(=O)NN(Cc1c(F)cc(-c2ccn(C(F)F)n2)cc1F)C[C@H](OC(=O)CC(C)(C)c1c(CC(=O)NC(CCCC(=O)O)CC(=O)O)cc(C)cc1OP(=O)(O)O)[C@@H](CC(=O)[C@@H](NC(=O)OC)C(C)(C)C(F)(F)F)Cc1ccc(C#Cc2cnc(N3CC4CCC(C3)N4C3COC3)nc2)cc1)C(C)(C)C(F)(F)F. The quantitative estimate of drug-likeness (QED) is 0.00489. The highest BCUT2D eigenvalue weighted by Gasteiger charge is 2.57. The molecule has 622 valence electrons. The molecule has 8 rings (SSSR count). The largest absolute Gasteiger partial charge is 0.524 e. The van der Waals surface area contributed by atoms with Crippen molar-refractivity contribution in [3.8, 4) is 28.8 Å². The van der Waals surface area contributed by atoms with Crippen molar-refractivity contribution < 1.29 is 130 Å². The number of phosphoric acid groups is 1. The summed E-state index contributed by atoms with van der Waals surface area (Å²) in [6, 6.07) is 7.51. The summed E-state index contributed by atoms with van der Waals surface area (Å²) in [6.07, 6.45) is -15.1. The first-order chi connectivity index (χ1) is 53.2. The van der Waals surface area contributed by atoms with Gasteiger partial charge in [0.05, 0.1) is 93.7 Å². The molecule has 0 spiro atoms. The molecule has 5 aromatic rings. The summed E-state index contributed by atoms with van der Waals surface area (Å²) in [6.45, 7) is 2.97. The molecule has 5 heterocycles. The number of carbonyl (C=O) groups is 8. The van der Waals surface area contributed by atoms with E-state index >= 15 is 44.7 Å². The zero-order chi connectivity index (χ0) is 84.3. The van der Waals surface area contributed by atoms with Crippen molar-refractivity contribution >= 4 is 61.3 Å². The number of carboxylic acid groups (broad SMARTS) is 2. The Hall–Kier alpha value is -9.80. The predicted octanol–water partition coefficient (Wildman–Crippen LogP) is 10.0. The van der Waals surface area contributed by atoms with Gasteiger partial charge >= 0.3 is 56.7 Å². The van der Waals surface area contributed by atoms with Gasteiger partial charge in [-0.25, -0.2) is 37.8 Å². The van der Waals surface area contributed by atoms with Gasteiger partial charge in [-0.2, -0.15) is 40.2 Å². The number of methoxy groups -OCH3 is 2. The van der Waals surface area contributed by atoms with Crippen molar-refractivity contribution in [2.24, 2.45) is 22.7 Å². The number of carboxylic acids is 2. The second-order valence-electron chi connectivity index (χ2n) is 30.1. The smallest absolute Gasteiger partial charge is 0.481 e. The average Bonchev–Trinajstić information content (AvgIpc) is 1.38. The number of alkyl carbamates (subject to hydrolysis) is 1. The number of nitrogens with one attached hydrogen (secondary N) is 3. The number of hydrogen-bond acceptors (Lipinski definition) is 20. The van der Waals surface area contributed by atoms with E-state index in [4.69, 9.17) is 14.0 Å². The van der Waals surface area contributed by atoms with E-state index in [1.54, 1.807) is 0 Å². The normalized spacial score (nSPS) is 17.0. The zero-order valence-electron chi connectivity index (χ0n) is 63.5. The highest BCUT2D eigenvalue weighted by Crippen LogP contribution is 2.48. The molecule has 3 saturated heterocycles. The number of rotatable bonds is 36. The minimum Gasteiger partial charge on any atom is -0.481 e. The first-order valence-corrected chi connectivity index (χ1v) is 37.5. The van der Waals surface area contributed by atoms with E-state index in [9.17, 15) is 62.1 Å². The number of aromatic nitrogens is 4. The molecule has 3 amide bonds. The van der Waals surface area contributed by atoms with E-state index in [0.29, 0.717) is 106 Å². The van der Waals surface area contributed by atoms with Gasteiger partial charge in [-0.15, -0.1) is 0 Å². The average molecular weight is 1640 g/mol. The van der Waals surface area contributed by atoms with Crippen molar-refractivity contribution in [1.82, 2.24) is 45.7 Å². The third-order valence-electron chi connectivity index (χ3n) is 20.5. The lowest BCUT2D eigenvalue weighted by atomic mass is 9.75. The van der Waals surface area contributed by atoms with Gasteiger partial charge in [0, 0.05) is 103 Å². The van der Waals surface area contributed by atoms with Crippen molar-refractivity contribution in [2.45, 2.75) is 186 Å². The maximum absolute atomic E-state index is 16.9. The summed E-state index contributed by atoms with van der Waals surface area (Å²) < 4.78 is 192. The summed E-state index contributed by atoms with van der Waals surface area (Å²) >= 11 is 0. The minimum absolute atomic E-state index is 0.103. The van der Waals surface area contributed by atoms with Crippen molar-refractivity contribution in [3.05, 3.63) is 124 Å². The Labute approximate surface area is 648 Å². The molecule has 3 aromatic carbocycles. The van der Waals surface area contributed by atoms with Gasteiger partial charge in [0.25, 0.3) is 0 Å². The number of amides is 3. The molecule has 3 aliphatic heterocycles. The molecule has 39 heteroatoms. The fourth-order valence-corrected chi connectivity index (χ4v) is 14.6. The van der Waals surface area contributed by atoms with Crippen LogP contribution in [0.5, 0.6) is 5.75 Å². The Morgan fingerprint density at radius 2 is 1.38 bits per heavy atom. The van der Waals surface area contributed by atoms with Crippen molar-refractivity contribution in [1.29, 1.82) is 0 Å². The van der Waals surface area contributed by atoms with Crippen LogP contribution in [0, 0.1) is 53.1 Å². The number of esters is 2. The van der Waals surface area contributed by atoms with Crippen LogP contribution in [0.3, 0.4) is 0 Å². The Morgan fingerprint density at radius 3 is 1.91 bits per heavy atom. The number of piperazine rings is 1. The fraction of sp³-hybridized carbons (Fsp3) is 0.533. The number of anilines is 1. The number of aliphatic carboxylic acids is 2. The number of ether oxygens (including phenoxy) is 4. The first-order valence-electron chi connectivity index (χ1n) is 36.0. The number of benzene rings is 3. The van der Waals surface area contributed by atoms with E-state index in [2.05, 4.69) is 56.9 Å². The van der Waals surface area contributed by atoms with Gasteiger partial charge < -0.3 is 49.2 Å². The number of fused-ring (bicyclic) bond motifs is 2. The number of phosphoric ester groups is 1. The van der Waals surface area contributed by atoms with Crippen LogP contribution < -0.4 is 25.5 Å². The standard InChI is InChI=1S/C75H89F10N10O18P/c1-41-23-47(29-60(97)88-48(30-62(100)101)11-10-12-61(98)99)65(58(24-41)113-114(106,107)108)71(2,3)32-64(103)112-59(38-93(91-67(104)53(31-63(102)109-8)72(4,5)74(80,81)82)37-52-54(76)26-45(27-55(52)77)56-21-22-94(90-56)68(78)79)46(28-57(96)66(89-70(105)110-9)73(6,7)75(83,84)85)25-43-16-13-42(14-17-43)15-18-44-33-86-69(87-34-44)92-35-49-19-20-50(36-92)95(49)51-39-111-40-51/h13-14,16-17,21-24,26-27,33-34,46,48-51,53,59,66,68H,10-12,19-20,25,28-32,35-40H2,1-9H3,(H,88,97)(H,89,105)(H,91,104)(H,98,99)(H,100,101)(H2,106,107,108)/t46-,48?,49?,50?,53-,59+,66-/m1/s1. The number of Topliss-reactive ketones (excluding diaryl/α,β-unsaturated/α-hetero) is 1. The third kappa shape index (κ3) is 23.5. The van der Waals surface area contributed by atoms with Gasteiger partial charge in [-0.3, -0.25) is 53.7 Å². The number of carbonyl (C=O) groups excluding carboxylic acids is 6. The molecular weight excluding hydrogens is 1550 g/mol. The van der Waals surface area contributed by atoms with Gasteiger partial charge in [-0.1, -0.05) is 57.7 Å². The second kappa shape index (κ2) is 37.2. The number of ketones is 1. The summed E-state index contributed by atoms with van der Waals surface area (Å²) in [5.74, 6) is -11.4. The number of aryl methyl sites for hydroxylation is 1. The molecule has 3 aliphatic rings. The Kier molecular flexibility index (Phi) is 29.3. The molecule has 7 N–H and O–H groups in total. The van der Waals surface area contributed by atoms with E-state index in [1.807, 2.05) is 5.32 Å². The van der Waals surface area contributed by atoms with Gasteiger partial charge in [0.15, 0.2) is 5.78 Å². The van der Waals surface area contributed by atoms with Crippen LogP contribution >= 0.6 is 7.82 Å². The molecule has 0 radical (unpaired) electrons. The minimum atomic E-state index is -5.63. The molecule has 114 heavy (non-hydrogen) atoms. The fourth-order valence-electron chi connectivity index (χ4n) is 14.2. The van der Waals surface area contributed by atoms with Crippen molar-refractivity contribution in [3.63, 3.8) is 0 Å². The molecule has 3 unspecified atom stereocenters.